The lowest BCUT2D eigenvalue weighted by molar-refractivity contribution is 0.668. The molecule has 0 aromatic carbocycles. The number of hydrogen-bond acceptors (Lipinski definition) is 3. The first-order valence-corrected chi connectivity index (χ1v) is 6.22. The number of nitrogens with zero attached hydrogens (tertiary/aromatic N) is 3. The molecule has 0 aliphatic heterocycles. The standard InChI is InChI=1S/C15H13N3/c16-9-13-8-11-4-1-2-6-14(11)18-15(13)12-5-3-7-17-10-12/h3,5,7-8,10H,1-2,4,6H2. The number of fused-ring (bicyclic) bond motifs is 1. The zero-order valence-electron chi connectivity index (χ0n) is 10.1. The van der Waals surface area contributed by atoms with Crippen molar-refractivity contribution in [1.82, 2.24) is 9.97 Å². The van der Waals surface area contributed by atoms with Crippen LogP contribution in [0.4, 0.5) is 0 Å². The Morgan fingerprint density at radius 1 is 1.22 bits per heavy atom. The van der Waals surface area contributed by atoms with Gasteiger partial charge < -0.3 is 0 Å². The van der Waals surface area contributed by atoms with Crippen LogP contribution >= 0.6 is 0 Å². The Morgan fingerprint density at radius 3 is 2.89 bits per heavy atom. The second-order valence-corrected chi connectivity index (χ2v) is 4.55. The lowest BCUT2D eigenvalue weighted by Gasteiger charge is -2.16. The molecule has 3 rings (SSSR count). The molecule has 0 spiro atoms. The fourth-order valence-corrected chi connectivity index (χ4v) is 2.44. The number of aryl methyl sites for hydroxylation is 2. The van der Waals surface area contributed by atoms with E-state index in [9.17, 15) is 5.26 Å². The van der Waals surface area contributed by atoms with Gasteiger partial charge in [-0.15, -0.1) is 0 Å². The van der Waals surface area contributed by atoms with Gasteiger partial charge in [-0.2, -0.15) is 5.26 Å². The van der Waals surface area contributed by atoms with Gasteiger partial charge in [-0.25, -0.2) is 0 Å². The highest BCUT2D eigenvalue weighted by molar-refractivity contribution is 5.66. The molecule has 0 saturated heterocycles. The zero-order chi connectivity index (χ0) is 12.4. The van der Waals surface area contributed by atoms with Gasteiger partial charge in [0, 0.05) is 23.7 Å². The van der Waals surface area contributed by atoms with Crippen molar-refractivity contribution < 1.29 is 0 Å². The summed E-state index contributed by atoms with van der Waals surface area (Å²) in [5.41, 5.74) is 4.74. The molecule has 1 aliphatic carbocycles. The van der Waals surface area contributed by atoms with Crippen LogP contribution in [0, 0.1) is 11.3 Å². The quantitative estimate of drug-likeness (QED) is 0.763. The van der Waals surface area contributed by atoms with Gasteiger partial charge in [-0.05, 0) is 49.4 Å². The summed E-state index contributed by atoms with van der Waals surface area (Å²) in [6.07, 6.45) is 7.95. The van der Waals surface area contributed by atoms with Crippen LogP contribution in [0.25, 0.3) is 11.3 Å². The van der Waals surface area contributed by atoms with Crippen LogP contribution in [-0.4, -0.2) is 9.97 Å². The molecule has 0 bridgehead atoms. The maximum Gasteiger partial charge on any atom is 0.101 e. The Kier molecular flexibility index (Phi) is 2.77. The third kappa shape index (κ3) is 1.86. The van der Waals surface area contributed by atoms with Crippen LogP contribution in [0.1, 0.15) is 29.7 Å². The third-order valence-corrected chi connectivity index (χ3v) is 3.36. The molecule has 0 fully saturated rings. The zero-order valence-corrected chi connectivity index (χ0v) is 10.1. The van der Waals surface area contributed by atoms with Crippen LogP contribution in [0.15, 0.2) is 30.6 Å². The monoisotopic (exact) mass is 235 g/mol. The molecule has 2 heterocycles. The van der Waals surface area contributed by atoms with Crippen LogP contribution in [-0.2, 0) is 12.8 Å². The average Bonchev–Trinajstić information content (AvgIpc) is 2.46. The first-order valence-electron chi connectivity index (χ1n) is 6.22. The Balaban J connectivity index is 2.17. The van der Waals surface area contributed by atoms with E-state index in [1.54, 1.807) is 12.4 Å². The van der Waals surface area contributed by atoms with Crippen LogP contribution < -0.4 is 0 Å². The topological polar surface area (TPSA) is 49.6 Å². The lowest BCUT2D eigenvalue weighted by atomic mass is 9.93. The molecule has 2 aromatic rings. The van der Waals surface area contributed by atoms with Gasteiger partial charge >= 0.3 is 0 Å². The van der Waals surface area contributed by atoms with Crippen molar-refractivity contribution >= 4 is 0 Å². The smallest absolute Gasteiger partial charge is 0.101 e. The summed E-state index contributed by atoms with van der Waals surface area (Å²) in [5.74, 6) is 0. The first-order chi connectivity index (χ1) is 8.88. The van der Waals surface area contributed by atoms with E-state index in [1.165, 1.54) is 18.4 Å². The fourth-order valence-electron chi connectivity index (χ4n) is 2.44. The Bertz CT molecular complexity index is 612. The molecular formula is C15H13N3. The molecule has 88 valence electrons. The largest absolute Gasteiger partial charge is 0.264 e. The molecule has 3 nitrogen and oxygen atoms in total. The van der Waals surface area contributed by atoms with Gasteiger partial charge in [0.15, 0.2) is 0 Å². The van der Waals surface area contributed by atoms with E-state index in [2.05, 4.69) is 11.1 Å². The van der Waals surface area contributed by atoms with Crippen molar-refractivity contribution in [3.8, 4) is 17.3 Å². The highest BCUT2D eigenvalue weighted by atomic mass is 14.7. The first kappa shape index (κ1) is 10.9. The van der Waals surface area contributed by atoms with Crippen molar-refractivity contribution in [3.63, 3.8) is 0 Å². The van der Waals surface area contributed by atoms with E-state index in [-0.39, 0.29) is 0 Å². The number of aromatic nitrogens is 2. The fraction of sp³-hybridized carbons (Fsp3) is 0.267. The number of pyridine rings is 2. The molecular weight excluding hydrogens is 222 g/mol. The van der Waals surface area contributed by atoms with E-state index < -0.39 is 0 Å². The summed E-state index contributed by atoms with van der Waals surface area (Å²) in [4.78, 5) is 8.79. The lowest BCUT2D eigenvalue weighted by Crippen LogP contribution is -2.07. The van der Waals surface area contributed by atoms with Crippen LogP contribution in [0.5, 0.6) is 0 Å². The highest BCUT2D eigenvalue weighted by Gasteiger charge is 2.15. The molecule has 0 radical (unpaired) electrons. The van der Waals surface area contributed by atoms with E-state index in [4.69, 9.17) is 4.98 Å². The van der Waals surface area contributed by atoms with Crippen LogP contribution in [0.3, 0.4) is 0 Å². The van der Waals surface area contributed by atoms with E-state index >= 15 is 0 Å². The maximum atomic E-state index is 9.27. The molecule has 3 heteroatoms. The molecule has 2 aromatic heterocycles. The summed E-state index contributed by atoms with van der Waals surface area (Å²) in [6, 6.07) is 8.08. The minimum Gasteiger partial charge on any atom is -0.264 e. The van der Waals surface area contributed by atoms with Crippen molar-refractivity contribution in [2.45, 2.75) is 25.7 Å². The third-order valence-electron chi connectivity index (χ3n) is 3.36. The summed E-state index contributed by atoms with van der Waals surface area (Å²) in [5, 5.41) is 9.27. The van der Waals surface area contributed by atoms with Gasteiger partial charge in [-0.1, -0.05) is 0 Å². The van der Waals surface area contributed by atoms with E-state index in [1.807, 2.05) is 18.2 Å². The van der Waals surface area contributed by atoms with E-state index in [0.29, 0.717) is 5.56 Å². The predicted molar refractivity (Wildman–Crippen MR) is 68.8 cm³/mol. The number of rotatable bonds is 1. The predicted octanol–water partition coefficient (Wildman–Crippen LogP) is 2.89. The van der Waals surface area contributed by atoms with Crippen molar-refractivity contribution in [2.24, 2.45) is 0 Å². The van der Waals surface area contributed by atoms with Crippen LogP contribution in [0.2, 0.25) is 0 Å². The Labute approximate surface area is 106 Å². The molecule has 0 amide bonds. The highest BCUT2D eigenvalue weighted by Crippen LogP contribution is 2.27. The number of hydrogen-bond donors (Lipinski definition) is 0. The number of nitriles is 1. The Hall–Kier alpha value is -2.21. The molecule has 1 aliphatic rings. The summed E-state index contributed by atoms with van der Waals surface area (Å²) < 4.78 is 0. The SMILES string of the molecule is N#Cc1cc2c(nc1-c1cccnc1)CCCC2. The normalized spacial score (nSPS) is 13.7. The second kappa shape index (κ2) is 4.58. The second-order valence-electron chi connectivity index (χ2n) is 4.55. The average molecular weight is 235 g/mol. The van der Waals surface area contributed by atoms with Crippen molar-refractivity contribution in [2.75, 3.05) is 0 Å². The minimum absolute atomic E-state index is 0.656. The molecule has 0 N–H and O–H groups in total. The van der Waals surface area contributed by atoms with Gasteiger partial charge in [-0.3, -0.25) is 9.97 Å². The van der Waals surface area contributed by atoms with Crippen molar-refractivity contribution in [3.05, 3.63) is 47.4 Å². The summed E-state index contributed by atoms with van der Waals surface area (Å²) in [6.45, 7) is 0. The summed E-state index contributed by atoms with van der Waals surface area (Å²) in [7, 11) is 0. The van der Waals surface area contributed by atoms with Gasteiger partial charge in [0.25, 0.3) is 0 Å². The van der Waals surface area contributed by atoms with Gasteiger partial charge in [0.05, 0.1) is 11.3 Å². The maximum absolute atomic E-state index is 9.27. The van der Waals surface area contributed by atoms with Crippen molar-refractivity contribution in [1.29, 1.82) is 5.26 Å². The summed E-state index contributed by atoms with van der Waals surface area (Å²) >= 11 is 0. The molecule has 0 saturated carbocycles. The minimum atomic E-state index is 0.656. The molecule has 0 unspecified atom stereocenters. The van der Waals surface area contributed by atoms with E-state index in [0.717, 1.165) is 29.8 Å². The van der Waals surface area contributed by atoms with Gasteiger partial charge in [0.1, 0.15) is 6.07 Å². The van der Waals surface area contributed by atoms with Gasteiger partial charge in [0.2, 0.25) is 0 Å². The molecule has 0 atom stereocenters. The Morgan fingerprint density at radius 2 is 2.11 bits per heavy atom. The molecule has 18 heavy (non-hydrogen) atoms.